The standard InChI is InChI=1S/C31H26ClN3O4S/c1-21-4-3-5-22(2)30(21)35-40(37,38)29-16-12-27(13-17-29)34-31(36)25(19-33)18-23-8-14-28(15-9-23)39-20-24-6-10-26(32)11-7-24/h3-18,35H,20H2,1-2H3,(H,34,36)/b25-18+. The predicted octanol–water partition coefficient (Wildman–Crippen LogP) is 6.88. The maximum Gasteiger partial charge on any atom is 0.266 e. The summed E-state index contributed by atoms with van der Waals surface area (Å²) in [6.45, 7) is 4.03. The molecule has 40 heavy (non-hydrogen) atoms. The largest absolute Gasteiger partial charge is 0.489 e. The van der Waals surface area contributed by atoms with Crippen LogP contribution in [-0.4, -0.2) is 14.3 Å². The van der Waals surface area contributed by atoms with Crippen molar-refractivity contribution in [1.82, 2.24) is 0 Å². The minimum atomic E-state index is -3.83. The number of ether oxygens (including phenoxy) is 1. The molecule has 0 radical (unpaired) electrons. The van der Waals surface area contributed by atoms with E-state index < -0.39 is 15.9 Å². The maximum atomic E-state index is 12.9. The summed E-state index contributed by atoms with van der Waals surface area (Å²) in [5.41, 5.74) is 4.01. The third-order valence-electron chi connectivity index (χ3n) is 6.01. The van der Waals surface area contributed by atoms with Gasteiger partial charge < -0.3 is 10.1 Å². The van der Waals surface area contributed by atoms with E-state index in [2.05, 4.69) is 10.0 Å². The zero-order valence-electron chi connectivity index (χ0n) is 21.8. The molecule has 202 valence electrons. The highest BCUT2D eigenvalue weighted by molar-refractivity contribution is 7.92. The zero-order chi connectivity index (χ0) is 28.7. The molecule has 4 aromatic carbocycles. The Morgan fingerprint density at radius 2 is 1.55 bits per heavy atom. The van der Waals surface area contributed by atoms with E-state index in [1.807, 2.05) is 50.2 Å². The molecule has 0 fully saturated rings. The number of nitriles is 1. The molecule has 4 aromatic rings. The van der Waals surface area contributed by atoms with Crippen LogP contribution in [-0.2, 0) is 21.4 Å². The quantitative estimate of drug-likeness (QED) is 0.168. The molecule has 4 rings (SSSR count). The second-order valence-corrected chi connectivity index (χ2v) is 11.1. The van der Waals surface area contributed by atoms with E-state index in [0.29, 0.717) is 34.3 Å². The van der Waals surface area contributed by atoms with Gasteiger partial charge in [-0.2, -0.15) is 5.26 Å². The number of rotatable bonds is 9. The van der Waals surface area contributed by atoms with Crippen molar-refractivity contribution in [2.24, 2.45) is 0 Å². The van der Waals surface area contributed by atoms with Crippen LogP contribution in [0.2, 0.25) is 5.02 Å². The third-order valence-corrected chi connectivity index (χ3v) is 7.63. The lowest BCUT2D eigenvalue weighted by atomic mass is 10.1. The average molecular weight is 572 g/mol. The number of aryl methyl sites for hydroxylation is 2. The summed E-state index contributed by atoms with van der Waals surface area (Å²) in [5.74, 6) is 0.0204. The van der Waals surface area contributed by atoms with E-state index in [-0.39, 0.29) is 10.5 Å². The molecule has 0 aliphatic rings. The number of carbonyl (C=O) groups is 1. The number of hydrogen-bond donors (Lipinski definition) is 2. The molecule has 1 amide bonds. The summed E-state index contributed by atoms with van der Waals surface area (Å²) < 4.78 is 34.2. The van der Waals surface area contributed by atoms with Crippen molar-refractivity contribution >= 4 is 45.0 Å². The van der Waals surface area contributed by atoms with E-state index >= 15 is 0 Å². The number of amides is 1. The number of sulfonamides is 1. The third kappa shape index (κ3) is 7.29. The van der Waals surface area contributed by atoms with E-state index in [4.69, 9.17) is 16.3 Å². The number of nitrogens with one attached hydrogen (secondary N) is 2. The van der Waals surface area contributed by atoms with Crippen LogP contribution in [0, 0.1) is 25.2 Å². The molecule has 0 spiro atoms. The van der Waals surface area contributed by atoms with Crippen molar-refractivity contribution in [3.05, 3.63) is 124 Å². The fourth-order valence-electron chi connectivity index (χ4n) is 3.81. The molecule has 0 saturated carbocycles. The smallest absolute Gasteiger partial charge is 0.266 e. The van der Waals surface area contributed by atoms with Crippen LogP contribution >= 0.6 is 11.6 Å². The average Bonchev–Trinajstić information content (AvgIpc) is 2.94. The number of anilines is 2. The van der Waals surface area contributed by atoms with Gasteiger partial charge in [-0.05, 0) is 90.7 Å². The molecule has 7 nitrogen and oxygen atoms in total. The minimum Gasteiger partial charge on any atom is -0.489 e. The first-order valence-electron chi connectivity index (χ1n) is 12.2. The van der Waals surface area contributed by atoms with Gasteiger partial charge in [-0.15, -0.1) is 0 Å². The highest BCUT2D eigenvalue weighted by atomic mass is 35.5. The van der Waals surface area contributed by atoms with Crippen molar-refractivity contribution in [3.63, 3.8) is 0 Å². The monoisotopic (exact) mass is 571 g/mol. The molecular formula is C31H26ClN3O4S. The zero-order valence-corrected chi connectivity index (χ0v) is 23.4. The first kappa shape index (κ1) is 28.4. The van der Waals surface area contributed by atoms with Crippen LogP contribution in [0.5, 0.6) is 5.75 Å². The molecule has 0 aromatic heterocycles. The molecule has 0 bridgehead atoms. The summed E-state index contributed by atoms with van der Waals surface area (Å²) >= 11 is 5.90. The second-order valence-electron chi connectivity index (χ2n) is 9.00. The molecule has 0 atom stereocenters. The number of benzene rings is 4. The van der Waals surface area contributed by atoms with Crippen molar-refractivity contribution in [2.45, 2.75) is 25.3 Å². The van der Waals surface area contributed by atoms with Gasteiger partial charge in [-0.25, -0.2) is 8.42 Å². The van der Waals surface area contributed by atoms with Gasteiger partial charge in [0.2, 0.25) is 0 Å². The highest BCUT2D eigenvalue weighted by Crippen LogP contribution is 2.24. The van der Waals surface area contributed by atoms with Crippen LogP contribution in [0.4, 0.5) is 11.4 Å². The van der Waals surface area contributed by atoms with Crippen molar-refractivity contribution in [1.29, 1.82) is 5.26 Å². The topological polar surface area (TPSA) is 108 Å². The Bertz CT molecular complexity index is 1670. The highest BCUT2D eigenvalue weighted by Gasteiger charge is 2.17. The Morgan fingerprint density at radius 1 is 0.925 bits per heavy atom. The Kier molecular flexibility index (Phi) is 8.90. The summed E-state index contributed by atoms with van der Waals surface area (Å²) in [5, 5.41) is 12.8. The first-order valence-corrected chi connectivity index (χ1v) is 14.1. The van der Waals surface area contributed by atoms with Crippen LogP contribution < -0.4 is 14.8 Å². The van der Waals surface area contributed by atoms with Crippen LogP contribution in [0.25, 0.3) is 6.08 Å². The maximum absolute atomic E-state index is 12.9. The molecule has 2 N–H and O–H groups in total. The van der Waals surface area contributed by atoms with Crippen molar-refractivity contribution < 1.29 is 17.9 Å². The molecule has 0 unspecified atom stereocenters. The first-order chi connectivity index (χ1) is 19.1. The van der Waals surface area contributed by atoms with Crippen LogP contribution in [0.15, 0.2) is 101 Å². The van der Waals surface area contributed by atoms with Gasteiger partial charge in [0.1, 0.15) is 24.0 Å². The summed E-state index contributed by atoms with van der Waals surface area (Å²) in [4.78, 5) is 12.8. The fraction of sp³-hybridized carbons (Fsp3) is 0.0968. The normalized spacial score (nSPS) is 11.4. The fourth-order valence-corrected chi connectivity index (χ4v) is 5.14. The molecule has 0 aliphatic carbocycles. The minimum absolute atomic E-state index is 0.0440. The lowest BCUT2D eigenvalue weighted by Crippen LogP contribution is -2.16. The molecular weight excluding hydrogens is 546 g/mol. The molecule has 0 heterocycles. The molecule has 0 saturated heterocycles. The van der Waals surface area contributed by atoms with Gasteiger partial charge in [-0.1, -0.05) is 54.1 Å². The van der Waals surface area contributed by atoms with Gasteiger partial charge in [0, 0.05) is 10.7 Å². The van der Waals surface area contributed by atoms with Crippen molar-refractivity contribution in [2.75, 3.05) is 10.0 Å². The Balaban J connectivity index is 1.39. The number of nitrogens with zero attached hydrogens (tertiary/aromatic N) is 1. The molecule has 9 heteroatoms. The SMILES string of the molecule is Cc1cccc(C)c1NS(=O)(=O)c1ccc(NC(=O)/C(C#N)=C/c2ccc(OCc3ccc(Cl)cc3)cc2)cc1. The Labute approximate surface area is 238 Å². The number of carbonyl (C=O) groups excluding carboxylic acids is 1. The summed E-state index contributed by atoms with van der Waals surface area (Å²) in [7, 11) is -3.83. The van der Waals surface area contributed by atoms with E-state index in [1.54, 1.807) is 36.4 Å². The van der Waals surface area contributed by atoms with Crippen molar-refractivity contribution in [3.8, 4) is 11.8 Å². The van der Waals surface area contributed by atoms with Gasteiger partial charge in [-0.3, -0.25) is 9.52 Å². The molecule has 0 aliphatic heterocycles. The van der Waals surface area contributed by atoms with Crippen LogP contribution in [0.3, 0.4) is 0 Å². The number of halogens is 1. The van der Waals surface area contributed by atoms with Crippen LogP contribution in [0.1, 0.15) is 22.3 Å². The predicted molar refractivity (Wildman–Crippen MR) is 158 cm³/mol. The number of para-hydroxylation sites is 1. The number of hydrogen-bond acceptors (Lipinski definition) is 5. The van der Waals surface area contributed by atoms with E-state index in [9.17, 15) is 18.5 Å². The Hall–Kier alpha value is -4.58. The summed E-state index contributed by atoms with van der Waals surface area (Å²) in [6.07, 6.45) is 1.46. The van der Waals surface area contributed by atoms with Gasteiger partial charge >= 0.3 is 0 Å². The van der Waals surface area contributed by atoms with Gasteiger partial charge in [0.25, 0.3) is 15.9 Å². The van der Waals surface area contributed by atoms with E-state index in [1.165, 1.54) is 30.3 Å². The van der Waals surface area contributed by atoms with Gasteiger partial charge in [0.05, 0.1) is 10.6 Å². The lowest BCUT2D eigenvalue weighted by molar-refractivity contribution is -0.112. The summed E-state index contributed by atoms with van der Waals surface area (Å²) in [6, 6.07) is 27.5. The lowest BCUT2D eigenvalue weighted by Gasteiger charge is -2.13. The Morgan fingerprint density at radius 3 is 2.15 bits per heavy atom. The van der Waals surface area contributed by atoms with E-state index in [0.717, 1.165) is 16.7 Å². The van der Waals surface area contributed by atoms with Gasteiger partial charge in [0.15, 0.2) is 0 Å². The second kappa shape index (κ2) is 12.5.